The van der Waals surface area contributed by atoms with Crippen LogP contribution in [0.3, 0.4) is 0 Å². The predicted molar refractivity (Wildman–Crippen MR) is 448 cm³/mol. The van der Waals surface area contributed by atoms with E-state index in [4.69, 9.17) is 6.42 Å². The second kappa shape index (κ2) is 48.8. The zero-order valence-corrected chi connectivity index (χ0v) is 66.4. The smallest absolute Gasteiger partial charge is 0.418 e. The van der Waals surface area contributed by atoms with Gasteiger partial charge < -0.3 is 40.9 Å². The van der Waals surface area contributed by atoms with Gasteiger partial charge in [-0.1, -0.05) is 406 Å². The molecule has 0 amide bonds. The summed E-state index contributed by atoms with van der Waals surface area (Å²) >= 11 is 0. The minimum Gasteiger partial charge on any atom is -0.418 e. The Morgan fingerprint density at radius 1 is 0.185 bits per heavy atom. The SMILES string of the molecule is F[B-](F)(F)F.F[B-](F)(F)F.[C-]#Cc1ccc(-c2ccccc2)cc1.[Cu+].[Cu+].[Cu+].c1ccc(P(CP(c2ccccc2)c2ccccc2)c2ccccc2)cc1.c1ccc(P(CP(c2ccccc2)c2ccccc2)c2ccccc2)cc1.c1ccc(P(CP(c2ccccc2)c2ccccc2)c2ccccc2)cc1. The van der Waals surface area contributed by atoms with Crippen molar-refractivity contribution in [3.63, 3.8) is 0 Å². The Labute approximate surface area is 671 Å². The van der Waals surface area contributed by atoms with E-state index in [-0.39, 0.29) is 51.2 Å². The molecule has 0 radical (unpaired) electrons. The summed E-state index contributed by atoms with van der Waals surface area (Å²) in [7, 11) is -14.5. The van der Waals surface area contributed by atoms with Crippen LogP contribution < -0.4 is 63.7 Å². The van der Waals surface area contributed by atoms with Crippen LogP contribution in [-0.4, -0.2) is 32.2 Å². The van der Waals surface area contributed by atoms with Gasteiger partial charge in [0.25, 0.3) is 0 Å². The van der Waals surface area contributed by atoms with Crippen molar-refractivity contribution in [2.75, 3.05) is 17.7 Å². The number of benzene rings is 14. The Kier molecular flexibility index (Phi) is 40.3. The van der Waals surface area contributed by atoms with Gasteiger partial charge in [-0.25, -0.2) is 0 Å². The molecule has 0 heterocycles. The Morgan fingerprint density at radius 2 is 0.296 bits per heavy atom. The summed E-state index contributed by atoms with van der Waals surface area (Å²) in [5.41, 5.74) is 3.18. The molecule has 0 spiro atoms. The number of halogens is 8. The van der Waals surface area contributed by atoms with Gasteiger partial charge in [-0.3, -0.25) is 5.92 Å². The summed E-state index contributed by atoms with van der Waals surface area (Å²) in [6.07, 6.45) is 6.97. The molecule has 0 nitrogen and oxygen atoms in total. The van der Waals surface area contributed by atoms with Crippen molar-refractivity contribution in [3.05, 3.63) is 431 Å². The zero-order chi connectivity index (χ0) is 73.7. The third-order valence-corrected chi connectivity index (χ3v) is 33.6. The molecule has 14 aromatic carbocycles. The van der Waals surface area contributed by atoms with Gasteiger partial charge in [0, 0.05) is 17.7 Å². The molecule has 0 fully saturated rings. The number of rotatable bonds is 19. The molecule has 19 heteroatoms. The van der Waals surface area contributed by atoms with E-state index in [2.05, 4.69) is 382 Å². The average molecular weight is 1690 g/mol. The van der Waals surface area contributed by atoms with Crippen LogP contribution in [0.5, 0.6) is 0 Å². The van der Waals surface area contributed by atoms with Crippen molar-refractivity contribution in [3.8, 4) is 17.0 Å². The Hall–Kier alpha value is -7.65. The Bertz CT molecular complexity index is 3800. The van der Waals surface area contributed by atoms with Crippen LogP contribution in [0.2, 0.25) is 0 Å². The van der Waals surface area contributed by atoms with E-state index in [1.807, 2.05) is 42.5 Å². The van der Waals surface area contributed by atoms with Crippen LogP contribution in [-0.2, 0) is 51.2 Å². The van der Waals surface area contributed by atoms with Crippen molar-refractivity contribution >= 4 is 126 Å². The maximum atomic E-state index is 9.75. The maximum Gasteiger partial charge on any atom is 1.00 e. The van der Waals surface area contributed by atoms with Crippen LogP contribution in [0.1, 0.15) is 5.56 Å². The van der Waals surface area contributed by atoms with Crippen molar-refractivity contribution in [2.24, 2.45) is 0 Å². The molecule has 0 aliphatic carbocycles. The van der Waals surface area contributed by atoms with E-state index in [9.17, 15) is 34.5 Å². The summed E-state index contributed by atoms with van der Waals surface area (Å²) in [5, 5.41) is 17.5. The van der Waals surface area contributed by atoms with Crippen molar-refractivity contribution in [1.82, 2.24) is 0 Å². The quantitative estimate of drug-likeness (QED) is 0.0249. The van der Waals surface area contributed by atoms with Crippen molar-refractivity contribution < 1.29 is 85.7 Å². The van der Waals surface area contributed by atoms with Gasteiger partial charge in [0.05, 0.1) is 0 Å². The molecular formula is C89H75B2Cu3F8P6. The minimum atomic E-state index is -6.00. The molecule has 0 saturated heterocycles. The first kappa shape index (κ1) is 89.2. The Balaban J connectivity index is 0.000000218. The molecule has 0 atom stereocenters. The van der Waals surface area contributed by atoms with E-state index in [1.165, 1.54) is 92.5 Å². The van der Waals surface area contributed by atoms with Gasteiger partial charge in [-0.2, -0.15) is 0 Å². The predicted octanol–water partition coefficient (Wildman–Crippen LogP) is 21.5. The third kappa shape index (κ3) is 31.4. The first-order valence-corrected chi connectivity index (χ1v) is 42.9. The first-order valence-electron chi connectivity index (χ1n) is 33.7. The standard InChI is InChI=1S/3C25H22P2.C14H9.2BF4.3Cu/c3*1-5-13-22(14-6-1)26(23-15-7-2-8-16-23)21-27(24-17-9-3-10-18-24)25-19-11-4-12-20-25;1-2-12-8-10-14(11-9-12)13-6-4-3-5-7-13;2*2-1(3,4)5;;;/h3*1-20H,21H2;3-11H;;;;;/q;;;3*-1;3*+1. The molecule has 14 rings (SSSR count). The monoisotopic (exact) mass is 1690 g/mol. The molecule has 0 unspecified atom stereocenters. The van der Waals surface area contributed by atoms with Gasteiger partial charge in [-0.05, 0) is 122 Å². The molecular weight excluding hydrogens is 1620 g/mol. The van der Waals surface area contributed by atoms with Crippen LogP contribution >= 0.6 is 47.5 Å². The fourth-order valence-electron chi connectivity index (χ4n) is 11.0. The number of hydrogen-bond donors (Lipinski definition) is 0. The van der Waals surface area contributed by atoms with E-state index < -0.39 is 62.0 Å². The van der Waals surface area contributed by atoms with Crippen LogP contribution in [0.25, 0.3) is 11.1 Å². The van der Waals surface area contributed by atoms with E-state index >= 15 is 0 Å². The van der Waals surface area contributed by atoms with E-state index in [0.717, 1.165) is 5.56 Å². The molecule has 0 aliphatic rings. The molecule has 0 saturated carbocycles. The molecule has 556 valence electrons. The number of hydrogen-bond acceptors (Lipinski definition) is 0. The van der Waals surface area contributed by atoms with Crippen LogP contribution in [0.4, 0.5) is 34.5 Å². The van der Waals surface area contributed by atoms with Gasteiger partial charge in [0.15, 0.2) is 0 Å². The second-order valence-electron chi connectivity index (χ2n) is 23.1. The molecule has 0 aliphatic heterocycles. The second-order valence-corrected chi connectivity index (χ2v) is 37.8. The normalized spacial score (nSPS) is 10.6. The molecule has 14 aromatic rings. The summed E-state index contributed by atoms with van der Waals surface area (Å²) < 4.78 is 78.0. The van der Waals surface area contributed by atoms with E-state index in [0.29, 0.717) is 0 Å². The van der Waals surface area contributed by atoms with Gasteiger partial charge in [0.1, 0.15) is 0 Å². The minimum absolute atomic E-state index is 0. The maximum absolute atomic E-state index is 9.75. The topological polar surface area (TPSA) is 0 Å². The molecule has 0 N–H and O–H groups in total. The van der Waals surface area contributed by atoms with Crippen LogP contribution in [0, 0.1) is 12.3 Å². The molecule has 0 aromatic heterocycles. The van der Waals surface area contributed by atoms with Gasteiger partial charge >= 0.3 is 65.7 Å². The summed E-state index contributed by atoms with van der Waals surface area (Å²) in [6, 6.07) is 150. The molecule has 0 bridgehead atoms. The third-order valence-electron chi connectivity index (χ3n) is 15.8. The van der Waals surface area contributed by atoms with E-state index in [1.54, 1.807) is 0 Å². The van der Waals surface area contributed by atoms with Crippen molar-refractivity contribution in [2.45, 2.75) is 0 Å². The molecule has 108 heavy (non-hydrogen) atoms. The summed E-state index contributed by atoms with van der Waals surface area (Å²) in [4.78, 5) is 0. The van der Waals surface area contributed by atoms with Crippen LogP contribution in [0.15, 0.2) is 419 Å². The average Bonchev–Trinajstić information content (AvgIpc) is 0.824. The fourth-order valence-corrected chi connectivity index (χ4v) is 30.4. The summed E-state index contributed by atoms with van der Waals surface area (Å²) in [6.45, 7) is 0. The first-order chi connectivity index (χ1) is 51.1. The summed E-state index contributed by atoms with van der Waals surface area (Å²) in [5.74, 6) is 5.88. The van der Waals surface area contributed by atoms with Gasteiger partial charge in [0.2, 0.25) is 0 Å². The fraction of sp³-hybridized carbons (Fsp3) is 0.0337. The van der Waals surface area contributed by atoms with Gasteiger partial charge in [-0.15, -0.1) is 17.7 Å². The van der Waals surface area contributed by atoms with Crippen molar-refractivity contribution in [1.29, 1.82) is 0 Å². The largest absolute Gasteiger partial charge is 1.00 e. The zero-order valence-electron chi connectivity index (χ0n) is 58.2. The Morgan fingerprint density at radius 3 is 0.417 bits per heavy atom.